The quantitative estimate of drug-likeness (QED) is 0.621. The molecule has 0 atom stereocenters. The Morgan fingerprint density at radius 1 is 1.13 bits per heavy atom. The maximum atomic E-state index is 11.8. The van der Waals surface area contributed by atoms with Crippen molar-refractivity contribution in [2.75, 3.05) is 21.3 Å². The van der Waals surface area contributed by atoms with Gasteiger partial charge in [0.2, 0.25) is 0 Å². The molecule has 0 fully saturated rings. The number of hydrogen-bond donors (Lipinski definition) is 2. The van der Waals surface area contributed by atoms with Gasteiger partial charge in [-0.3, -0.25) is 9.89 Å². The molecule has 0 spiro atoms. The van der Waals surface area contributed by atoms with Crippen LogP contribution in [0.1, 0.15) is 21.7 Å². The van der Waals surface area contributed by atoms with E-state index < -0.39 is 5.91 Å². The maximum absolute atomic E-state index is 11.8. The number of hydrogen-bond acceptors (Lipinski definition) is 6. The fourth-order valence-electron chi connectivity index (χ4n) is 1.91. The van der Waals surface area contributed by atoms with Crippen molar-refractivity contribution < 1.29 is 19.0 Å². The van der Waals surface area contributed by atoms with Gasteiger partial charge in [0, 0.05) is 17.3 Å². The second-order valence-corrected chi connectivity index (χ2v) is 4.58. The van der Waals surface area contributed by atoms with E-state index in [1.54, 1.807) is 18.2 Å². The molecule has 1 heterocycles. The minimum absolute atomic E-state index is 0.263. The Labute approximate surface area is 133 Å². The molecule has 0 aliphatic rings. The van der Waals surface area contributed by atoms with Gasteiger partial charge in [0.05, 0.1) is 27.5 Å². The van der Waals surface area contributed by atoms with E-state index in [0.29, 0.717) is 22.8 Å². The Morgan fingerprint density at radius 2 is 1.78 bits per heavy atom. The zero-order valence-corrected chi connectivity index (χ0v) is 13.3. The minimum atomic E-state index is -0.412. The first-order valence-electron chi connectivity index (χ1n) is 6.74. The third kappa shape index (κ3) is 3.79. The molecular weight excluding hydrogens is 300 g/mol. The van der Waals surface area contributed by atoms with Crippen LogP contribution < -0.4 is 19.6 Å². The fraction of sp³-hybridized carbons (Fsp3) is 0.267. The van der Waals surface area contributed by atoms with E-state index in [2.05, 4.69) is 20.7 Å². The summed E-state index contributed by atoms with van der Waals surface area (Å²) in [6, 6.07) is 5.01. The molecule has 23 heavy (non-hydrogen) atoms. The highest BCUT2D eigenvalue weighted by molar-refractivity contribution is 5.93. The first-order valence-corrected chi connectivity index (χ1v) is 6.74. The van der Waals surface area contributed by atoms with Crippen molar-refractivity contribution in [1.29, 1.82) is 0 Å². The summed E-state index contributed by atoms with van der Waals surface area (Å²) >= 11 is 0. The van der Waals surface area contributed by atoms with Crippen LogP contribution in [0.5, 0.6) is 17.2 Å². The number of aryl methyl sites for hydroxylation is 1. The molecule has 2 N–H and O–H groups in total. The SMILES string of the molecule is COc1cc(OC)c(OC)cc1C=NNC(=O)c1cc(C)[nH]n1. The Hall–Kier alpha value is -3.03. The molecule has 0 bridgehead atoms. The summed E-state index contributed by atoms with van der Waals surface area (Å²) in [6.07, 6.45) is 1.46. The van der Waals surface area contributed by atoms with Crippen LogP contribution in [0.15, 0.2) is 23.3 Å². The number of nitrogens with zero attached hydrogens (tertiary/aromatic N) is 2. The third-order valence-corrected chi connectivity index (χ3v) is 3.04. The van der Waals surface area contributed by atoms with Gasteiger partial charge in [-0.15, -0.1) is 0 Å². The highest BCUT2D eigenvalue weighted by Gasteiger charge is 2.11. The lowest BCUT2D eigenvalue weighted by atomic mass is 10.2. The molecule has 0 saturated carbocycles. The second kappa shape index (κ2) is 7.30. The van der Waals surface area contributed by atoms with Crippen LogP contribution in [0.25, 0.3) is 0 Å². The summed E-state index contributed by atoms with van der Waals surface area (Å²) in [5, 5.41) is 10.5. The van der Waals surface area contributed by atoms with Crippen molar-refractivity contribution >= 4 is 12.1 Å². The van der Waals surface area contributed by atoms with Crippen molar-refractivity contribution in [2.45, 2.75) is 6.92 Å². The molecular formula is C15H18N4O4. The highest BCUT2D eigenvalue weighted by Crippen LogP contribution is 2.33. The standard InChI is InChI=1S/C15H18N4O4/c1-9-5-11(18-17-9)15(20)19-16-8-10-6-13(22-3)14(23-4)7-12(10)21-2/h5-8H,1-4H3,(H,17,18)(H,19,20). The molecule has 8 nitrogen and oxygen atoms in total. The van der Waals surface area contributed by atoms with Crippen LogP contribution in [-0.4, -0.2) is 43.6 Å². The molecule has 1 aromatic carbocycles. The molecule has 0 radical (unpaired) electrons. The van der Waals surface area contributed by atoms with E-state index in [9.17, 15) is 4.79 Å². The zero-order valence-electron chi connectivity index (χ0n) is 13.3. The average molecular weight is 318 g/mol. The minimum Gasteiger partial charge on any atom is -0.496 e. The van der Waals surface area contributed by atoms with Crippen molar-refractivity contribution in [3.05, 3.63) is 35.2 Å². The first-order chi connectivity index (χ1) is 11.1. The smallest absolute Gasteiger partial charge is 0.291 e. The van der Waals surface area contributed by atoms with Gasteiger partial charge in [-0.05, 0) is 19.1 Å². The number of benzene rings is 1. The Bertz CT molecular complexity index is 724. The molecule has 2 aromatic rings. The maximum Gasteiger partial charge on any atom is 0.291 e. The molecule has 8 heteroatoms. The lowest BCUT2D eigenvalue weighted by molar-refractivity contribution is 0.0950. The number of rotatable bonds is 6. The van der Waals surface area contributed by atoms with Crippen molar-refractivity contribution in [1.82, 2.24) is 15.6 Å². The lowest BCUT2D eigenvalue weighted by Crippen LogP contribution is -2.18. The second-order valence-electron chi connectivity index (χ2n) is 4.58. The molecule has 1 aromatic heterocycles. The van der Waals surface area contributed by atoms with Crippen LogP contribution in [0.4, 0.5) is 0 Å². The molecule has 1 amide bonds. The highest BCUT2D eigenvalue weighted by atomic mass is 16.5. The number of methoxy groups -OCH3 is 3. The van der Waals surface area contributed by atoms with Crippen molar-refractivity contribution in [3.63, 3.8) is 0 Å². The summed E-state index contributed by atoms with van der Waals surface area (Å²) in [5.41, 5.74) is 4.08. The number of H-pyrrole nitrogens is 1. The monoisotopic (exact) mass is 318 g/mol. The van der Waals surface area contributed by atoms with Gasteiger partial charge in [-0.1, -0.05) is 0 Å². The Morgan fingerprint density at radius 3 is 2.35 bits per heavy atom. The van der Waals surface area contributed by atoms with Crippen LogP contribution in [0, 0.1) is 6.92 Å². The third-order valence-electron chi connectivity index (χ3n) is 3.04. The predicted octanol–water partition coefficient (Wildman–Crippen LogP) is 1.51. The van der Waals surface area contributed by atoms with E-state index in [0.717, 1.165) is 5.69 Å². The summed E-state index contributed by atoms with van der Waals surface area (Å²) < 4.78 is 15.7. The number of ether oxygens (including phenoxy) is 3. The zero-order chi connectivity index (χ0) is 16.8. The van der Waals surface area contributed by atoms with E-state index in [1.165, 1.54) is 27.5 Å². The number of carbonyl (C=O) groups excluding carboxylic acids is 1. The summed E-state index contributed by atoms with van der Waals surface area (Å²) in [5.74, 6) is 1.20. The number of aromatic amines is 1. The number of carbonyl (C=O) groups is 1. The Kier molecular flexibility index (Phi) is 5.19. The van der Waals surface area contributed by atoms with E-state index in [-0.39, 0.29) is 5.69 Å². The largest absolute Gasteiger partial charge is 0.496 e. The van der Waals surface area contributed by atoms with Crippen LogP contribution in [0.3, 0.4) is 0 Å². The van der Waals surface area contributed by atoms with Gasteiger partial charge >= 0.3 is 0 Å². The molecule has 0 aliphatic carbocycles. The van der Waals surface area contributed by atoms with Crippen molar-refractivity contribution in [3.8, 4) is 17.2 Å². The normalized spacial score (nSPS) is 10.6. The van der Waals surface area contributed by atoms with Gasteiger partial charge < -0.3 is 14.2 Å². The molecule has 122 valence electrons. The first kappa shape index (κ1) is 16.3. The van der Waals surface area contributed by atoms with E-state index in [1.807, 2.05) is 6.92 Å². The van der Waals surface area contributed by atoms with Gasteiger partial charge in [0.1, 0.15) is 5.75 Å². The lowest BCUT2D eigenvalue weighted by Gasteiger charge is -2.11. The Balaban J connectivity index is 2.16. The molecule has 0 unspecified atom stereocenters. The van der Waals surface area contributed by atoms with Crippen LogP contribution in [-0.2, 0) is 0 Å². The molecule has 2 rings (SSSR count). The fourth-order valence-corrected chi connectivity index (χ4v) is 1.91. The topological polar surface area (TPSA) is 97.8 Å². The number of hydrazone groups is 1. The van der Waals surface area contributed by atoms with Crippen molar-refractivity contribution in [2.24, 2.45) is 5.10 Å². The molecule has 0 saturated heterocycles. The number of nitrogens with one attached hydrogen (secondary N) is 2. The van der Waals surface area contributed by atoms with Gasteiger partial charge in [-0.25, -0.2) is 5.43 Å². The van der Waals surface area contributed by atoms with Crippen LogP contribution >= 0.6 is 0 Å². The van der Waals surface area contributed by atoms with E-state index >= 15 is 0 Å². The molecule has 0 aliphatic heterocycles. The van der Waals surface area contributed by atoms with Gasteiger partial charge in [0.25, 0.3) is 5.91 Å². The number of amides is 1. The summed E-state index contributed by atoms with van der Waals surface area (Å²) in [4.78, 5) is 11.8. The number of aromatic nitrogens is 2. The summed E-state index contributed by atoms with van der Waals surface area (Å²) in [7, 11) is 4.60. The van der Waals surface area contributed by atoms with Gasteiger partial charge in [-0.2, -0.15) is 10.2 Å². The van der Waals surface area contributed by atoms with Crippen LogP contribution in [0.2, 0.25) is 0 Å². The average Bonchev–Trinajstić information content (AvgIpc) is 3.00. The predicted molar refractivity (Wildman–Crippen MR) is 84.5 cm³/mol. The summed E-state index contributed by atoms with van der Waals surface area (Å²) in [6.45, 7) is 1.81. The van der Waals surface area contributed by atoms with Gasteiger partial charge in [0.15, 0.2) is 17.2 Å². The van der Waals surface area contributed by atoms with E-state index in [4.69, 9.17) is 14.2 Å².